The topological polar surface area (TPSA) is 98.3 Å². The summed E-state index contributed by atoms with van der Waals surface area (Å²) < 4.78 is 1.22. The van der Waals surface area contributed by atoms with E-state index in [9.17, 15) is 20.0 Å². The molecule has 2 rings (SSSR count). The van der Waals surface area contributed by atoms with Gasteiger partial charge in [0.2, 0.25) is 0 Å². The average Bonchev–Trinajstić information content (AvgIpc) is 2.64. The summed E-state index contributed by atoms with van der Waals surface area (Å²) in [6.07, 6.45) is 0. The van der Waals surface area contributed by atoms with Gasteiger partial charge in [0.25, 0.3) is 0 Å². The maximum Gasteiger partial charge on any atom is 0.337 e. The van der Waals surface area contributed by atoms with Crippen LogP contribution >= 0.6 is 11.6 Å². The van der Waals surface area contributed by atoms with Crippen LogP contribution < -0.4 is 0 Å². The molecule has 0 spiro atoms. The number of rotatable bonds is 3. The maximum atomic E-state index is 11.2. The third-order valence-electron chi connectivity index (χ3n) is 2.85. The fourth-order valence-corrected chi connectivity index (χ4v) is 2.16. The number of benzene rings is 1. The monoisotopic (exact) mass is 295 g/mol. The smallest absolute Gasteiger partial charge is 0.337 e. The zero-order valence-electron chi connectivity index (χ0n) is 10.6. The average molecular weight is 296 g/mol. The Balaban J connectivity index is 2.75. The van der Waals surface area contributed by atoms with E-state index in [0.717, 1.165) is 0 Å². The predicted octanol–water partition coefficient (Wildman–Crippen LogP) is 2.75. The fraction of sp³-hybridized carbons (Fsp3) is 0.167. The van der Waals surface area contributed by atoms with Gasteiger partial charge in [-0.05, 0) is 32.0 Å². The van der Waals surface area contributed by atoms with Crippen molar-refractivity contribution in [1.29, 1.82) is 0 Å². The highest BCUT2D eigenvalue weighted by Gasteiger charge is 2.24. The Bertz CT molecular complexity index is 724. The Morgan fingerprint density at radius 3 is 2.60 bits per heavy atom. The Morgan fingerprint density at radius 2 is 2.10 bits per heavy atom. The van der Waals surface area contributed by atoms with E-state index in [1.54, 1.807) is 0 Å². The minimum atomic E-state index is -1.16. The van der Waals surface area contributed by atoms with Crippen molar-refractivity contribution in [3.63, 3.8) is 0 Å². The summed E-state index contributed by atoms with van der Waals surface area (Å²) in [5.41, 5.74) is 0.482. The molecule has 1 aromatic heterocycles. The first-order valence-electron chi connectivity index (χ1n) is 5.56. The second-order valence-electron chi connectivity index (χ2n) is 4.15. The molecule has 8 heteroatoms. The van der Waals surface area contributed by atoms with Gasteiger partial charge in [-0.25, -0.2) is 9.48 Å². The lowest BCUT2D eigenvalue weighted by molar-refractivity contribution is -0.386. The lowest BCUT2D eigenvalue weighted by atomic mass is 10.1. The molecule has 0 atom stereocenters. The first kappa shape index (κ1) is 14.0. The van der Waals surface area contributed by atoms with Gasteiger partial charge in [0, 0.05) is 5.02 Å². The molecule has 0 bridgehead atoms. The van der Waals surface area contributed by atoms with E-state index < -0.39 is 10.9 Å². The van der Waals surface area contributed by atoms with E-state index in [4.69, 9.17) is 11.6 Å². The van der Waals surface area contributed by atoms with Gasteiger partial charge in [0.1, 0.15) is 11.4 Å². The molecule has 0 fully saturated rings. The molecule has 0 aliphatic rings. The number of nitro groups is 1. The molecule has 0 aliphatic heterocycles. The quantitative estimate of drug-likeness (QED) is 0.693. The standard InChI is InChI=1S/C12H10ClN3O4/c1-6-11(16(19)20)7(2)15(14-6)10-5-8(13)3-4-9(10)12(17)18/h3-5H,1-2H3,(H,17,18). The zero-order valence-corrected chi connectivity index (χ0v) is 11.4. The number of hydrogen-bond acceptors (Lipinski definition) is 4. The van der Waals surface area contributed by atoms with Crippen LogP contribution in [-0.4, -0.2) is 25.8 Å². The van der Waals surface area contributed by atoms with Crippen molar-refractivity contribution in [2.45, 2.75) is 13.8 Å². The number of hydrogen-bond donors (Lipinski definition) is 1. The zero-order chi connectivity index (χ0) is 15.0. The third-order valence-corrected chi connectivity index (χ3v) is 3.09. The van der Waals surface area contributed by atoms with Crippen molar-refractivity contribution in [1.82, 2.24) is 9.78 Å². The van der Waals surface area contributed by atoms with Crippen molar-refractivity contribution in [3.05, 3.63) is 50.3 Å². The lowest BCUT2D eigenvalue weighted by Gasteiger charge is -2.08. The first-order chi connectivity index (χ1) is 9.32. The maximum absolute atomic E-state index is 11.2. The summed E-state index contributed by atoms with van der Waals surface area (Å²) in [5, 5.41) is 24.5. The molecular formula is C12H10ClN3O4. The number of nitrogens with zero attached hydrogens (tertiary/aromatic N) is 3. The van der Waals surface area contributed by atoms with Crippen LogP contribution in [0.25, 0.3) is 5.69 Å². The fourth-order valence-electron chi connectivity index (χ4n) is 1.99. The number of aryl methyl sites for hydroxylation is 1. The summed E-state index contributed by atoms with van der Waals surface area (Å²) >= 11 is 5.86. The van der Waals surface area contributed by atoms with Crippen LogP contribution in [0.15, 0.2) is 18.2 Å². The predicted molar refractivity (Wildman–Crippen MR) is 71.7 cm³/mol. The van der Waals surface area contributed by atoms with Crippen LogP contribution in [0.3, 0.4) is 0 Å². The van der Waals surface area contributed by atoms with Crippen LogP contribution in [0, 0.1) is 24.0 Å². The Morgan fingerprint density at radius 1 is 1.45 bits per heavy atom. The Labute approximate surface area is 118 Å². The van der Waals surface area contributed by atoms with Crippen molar-refractivity contribution >= 4 is 23.3 Å². The number of carboxylic acid groups (broad SMARTS) is 1. The molecule has 1 aromatic carbocycles. The second-order valence-corrected chi connectivity index (χ2v) is 4.59. The van der Waals surface area contributed by atoms with Crippen LogP contribution in [-0.2, 0) is 0 Å². The molecule has 2 aromatic rings. The Kier molecular flexibility index (Phi) is 3.46. The van der Waals surface area contributed by atoms with Crippen LogP contribution in [0.5, 0.6) is 0 Å². The summed E-state index contributed by atoms with van der Waals surface area (Å²) in [5.74, 6) is -1.16. The molecule has 1 heterocycles. The van der Waals surface area contributed by atoms with E-state index in [1.165, 1.54) is 36.7 Å². The highest BCUT2D eigenvalue weighted by molar-refractivity contribution is 6.30. The van der Waals surface area contributed by atoms with Crippen molar-refractivity contribution < 1.29 is 14.8 Å². The number of aromatic nitrogens is 2. The Hall–Kier alpha value is -2.41. The van der Waals surface area contributed by atoms with Crippen molar-refractivity contribution in [2.24, 2.45) is 0 Å². The molecule has 0 radical (unpaired) electrons. The number of carbonyl (C=O) groups is 1. The first-order valence-corrected chi connectivity index (χ1v) is 5.94. The summed E-state index contributed by atoms with van der Waals surface area (Å²) in [7, 11) is 0. The van der Waals surface area contributed by atoms with Crippen molar-refractivity contribution in [3.8, 4) is 5.69 Å². The largest absolute Gasteiger partial charge is 0.478 e. The van der Waals surface area contributed by atoms with E-state index in [1.807, 2.05) is 0 Å². The highest BCUT2D eigenvalue weighted by Crippen LogP contribution is 2.27. The van der Waals surface area contributed by atoms with Gasteiger partial charge < -0.3 is 5.11 Å². The number of aromatic carboxylic acids is 1. The minimum Gasteiger partial charge on any atom is -0.478 e. The molecule has 0 amide bonds. The summed E-state index contributed by atoms with van der Waals surface area (Å²) in [6, 6.07) is 4.19. The number of halogens is 1. The van der Waals surface area contributed by atoms with Crippen LogP contribution in [0.4, 0.5) is 5.69 Å². The normalized spacial score (nSPS) is 10.6. The molecule has 0 saturated carbocycles. The number of carboxylic acids is 1. The molecule has 1 N–H and O–H groups in total. The van der Waals surface area contributed by atoms with Gasteiger partial charge in [0.05, 0.1) is 16.2 Å². The SMILES string of the molecule is Cc1nn(-c2cc(Cl)ccc2C(=O)O)c(C)c1[N+](=O)[O-]. The highest BCUT2D eigenvalue weighted by atomic mass is 35.5. The van der Waals surface area contributed by atoms with Crippen LogP contribution in [0.1, 0.15) is 21.7 Å². The van der Waals surface area contributed by atoms with E-state index in [-0.39, 0.29) is 28.3 Å². The molecule has 104 valence electrons. The minimum absolute atomic E-state index is 0.0325. The molecule has 20 heavy (non-hydrogen) atoms. The van der Waals surface area contributed by atoms with Crippen molar-refractivity contribution in [2.75, 3.05) is 0 Å². The van der Waals surface area contributed by atoms with Crippen LogP contribution in [0.2, 0.25) is 5.02 Å². The van der Waals surface area contributed by atoms with E-state index in [0.29, 0.717) is 5.02 Å². The second kappa shape index (κ2) is 4.93. The summed E-state index contributed by atoms with van der Waals surface area (Å²) in [6.45, 7) is 3.00. The molecule has 0 unspecified atom stereocenters. The van der Waals surface area contributed by atoms with Gasteiger partial charge in [0.15, 0.2) is 0 Å². The van der Waals surface area contributed by atoms with Gasteiger partial charge in [-0.3, -0.25) is 10.1 Å². The third kappa shape index (κ3) is 2.23. The van der Waals surface area contributed by atoms with E-state index in [2.05, 4.69) is 5.10 Å². The summed E-state index contributed by atoms with van der Waals surface area (Å²) in [4.78, 5) is 21.7. The van der Waals surface area contributed by atoms with Gasteiger partial charge in [-0.2, -0.15) is 5.10 Å². The molecule has 7 nitrogen and oxygen atoms in total. The lowest BCUT2D eigenvalue weighted by Crippen LogP contribution is -2.08. The molecule has 0 saturated heterocycles. The van der Waals surface area contributed by atoms with E-state index >= 15 is 0 Å². The van der Waals surface area contributed by atoms with Gasteiger partial charge >= 0.3 is 11.7 Å². The van der Waals surface area contributed by atoms with Gasteiger partial charge in [-0.15, -0.1) is 0 Å². The van der Waals surface area contributed by atoms with Gasteiger partial charge in [-0.1, -0.05) is 11.6 Å². The molecule has 0 aliphatic carbocycles. The molecular weight excluding hydrogens is 286 g/mol.